The average Bonchev–Trinajstić information content (AvgIpc) is 2.49. The van der Waals surface area contributed by atoms with E-state index in [0.717, 1.165) is 16.7 Å². The Morgan fingerprint density at radius 2 is 1.35 bits per heavy atom. The average molecular weight is 385 g/mol. The Kier molecular flexibility index (Phi) is 7.48. The summed E-state index contributed by atoms with van der Waals surface area (Å²) in [6.45, 7) is 17.3. The lowest BCUT2D eigenvalue weighted by Gasteiger charge is -2.26. The summed E-state index contributed by atoms with van der Waals surface area (Å²) in [7, 11) is -3.92. The van der Waals surface area contributed by atoms with Crippen LogP contribution in [0.1, 0.15) is 96.8 Å². The second kappa shape index (κ2) is 8.41. The maximum Gasteiger partial charge on any atom is 0.297 e. The molecule has 1 aromatic rings. The largest absolute Gasteiger partial charge is 0.390 e. The zero-order valence-electron chi connectivity index (χ0n) is 17.8. The van der Waals surface area contributed by atoms with Gasteiger partial charge in [0.1, 0.15) is 4.90 Å². The lowest BCUT2D eigenvalue weighted by atomic mass is 9.89. The van der Waals surface area contributed by atoms with Gasteiger partial charge in [-0.1, -0.05) is 60.6 Å². The van der Waals surface area contributed by atoms with Crippen molar-refractivity contribution in [2.45, 2.75) is 90.6 Å². The van der Waals surface area contributed by atoms with E-state index in [1.54, 1.807) is 20.8 Å². The number of benzene rings is 1. The van der Waals surface area contributed by atoms with E-state index in [0.29, 0.717) is 10.8 Å². The first-order valence-corrected chi connectivity index (χ1v) is 10.9. The van der Waals surface area contributed by atoms with Crippen LogP contribution in [0.2, 0.25) is 0 Å². The normalized spacial score (nSPS) is 14.5. The fourth-order valence-electron chi connectivity index (χ4n) is 2.63. The second-order valence-corrected chi connectivity index (χ2v) is 10.3. The molecule has 0 spiro atoms. The first-order valence-electron chi connectivity index (χ1n) is 9.48. The van der Waals surface area contributed by atoms with E-state index in [4.69, 9.17) is 4.18 Å². The Hall–Kier alpha value is -0.910. The molecule has 1 N–H and O–H groups in total. The first-order chi connectivity index (χ1) is 11.7. The van der Waals surface area contributed by atoms with Crippen LogP contribution in [0.4, 0.5) is 0 Å². The molecule has 0 aliphatic heterocycles. The smallest absolute Gasteiger partial charge is 0.297 e. The van der Waals surface area contributed by atoms with E-state index in [9.17, 15) is 13.5 Å². The molecule has 1 atom stereocenters. The van der Waals surface area contributed by atoms with Crippen LogP contribution in [0, 0.1) is 5.92 Å². The van der Waals surface area contributed by atoms with Gasteiger partial charge in [0.05, 0.1) is 12.2 Å². The maximum absolute atomic E-state index is 13.1. The van der Waals surface area contributed by atoms with Crippen LogP contribution in [-0.4, -0.2) is 25.7 Å². The van der Waals surface area contributed by atoms with Crippen LogP contribution in [0.5, 0.6) is 0 Å². The molecule has 1 aromatic carbocycles. The van der Waals surface area contributed by atoms with Crippen molar-refractivity contribution in [3.05, 3.63) is 28.8 Å². The van der Waals surface area contributed by atoms with Crippen molar-refractivity contribution in [3.8, 4) is 0 Å². The molecule has 0 saturated carbocycles. The van der Waals surface area contributed by atoms with Crippen LogP contribution in [0.3, 0.4) is 0 Å². The predicted molar refractivity (Wildman–Crippen MR) is 107 cm³/mol. The molecule has 1 rings (SSSR count). The minimum absolute atomic E-state index is 0.0488. The molecular formula is C21H36O4S. The maximum atomic E-state index is 13.1. The summed E-state index contributed by atoms with van der Waals surface area (Å²) < 4.78 is 31.6. The Morgan fingerprint density at radius 1 is 0.923 bits per heavy atom. The van der Waals surface area contributed by atoms with Gasteiger partial charge in [0.25, 0.3) is 10.1 Å². The van der Waals surface area contributed by atoms with Crippen molar-refractivity contribution in [1.82, 2.24) is 0 Å². The van der Waals surface area contributed by atoms with E-state index >= 15 is 0 Å². The third-order valence-electron chi connectivity index (χ3n) is 5.01. The summed E-state index contributed by atoms with van der Waals surface area (Å²) in [6.07, 6.45) is 0. The van der Waals surface area contributed by atoms with Gasteiger partial charge in [-0.2, -0.15) is 8.42 Å². The molecule has 0 bridgehead atoms. The Bertz CT molecular complexity index is 681. The highest BCUT2D eigenvalue weighted by molar-refractivity contribution is 7.86. The molecule has 5 heteroatoms. The monoisotopic (exact) mass is 384 g/mol. The van der Waals surface area contributed by atoms with Gasteiger partial charge in [0.15, 0.2) is 0 Å². The van der Waals surface area contributed by atoms with Gasteiger partial charge < -0.3 is 5.11 Å². The summed E-state index contributed by atoms with van der Waals surface area (Å²) in [5.74, 6) is 0.132. The number of aliphatic hydroxyl groups is 1. The number of hydrogen-bond donors (Lipinski definition) is 1. The molecule has 0 aliphatic carbocycles. The lowest BCUT2D eigenvalue weighted by molar-refractivity contribution is 0.00611. The quantitative estimate of drug-likeness (QED) is 0.628. The molecule has 0 saturated heterocycles. The molecule has 4 nitrogen and oxygen atoms in total. The van der Waals surface area contributed by atoms with Crippen molar-refractivity contribution in [3.63, 3.8) is 0 Å². The van der Waals surface area contributed by atoms with Crippen LogP contribution in [0.25, 0.3) is 0 Å². The summed E-state index contributed by atoms with van der Waals surface area (Å²) in [5, 5.41) is 10.1. The molecule has 0 fully saturated rings. The molecule has 0 aliphatic rings. The van der Waals surface area contributed by atoms with Gasteiger partial charge in [0.2, 0.25) is 0 Å². The van der Waals surface area contributed by atoms with Crippen molar-refractivity contribution in [1.29, 1.82) is 0 Å². The van der Waals surface area contributed by atoms with Crippen molar-refractivity contribution in [2.75, 3.05) is 6.61 Å². The molecule has 0 aromatic heterocycles. The lowest BCUT2D eigenvalue weighted by Crippen LogP contribution is -2.33. The van der Waals surface area contributed by atoms with Crippen molar-refractivity contribution < 1.29 is 17.7 Å². The topological polar surface area (TPSA) is 63.6 Å². The highest BCUT2D eigenvalue weighted by Crippen LogP contribution is 2.36. The minimum Gasteiger partial charge on any atom is -0.390 e. The standard InChI is InChI=1S/C21H36O4S/c1-13(2)17-10-18(14(3)4)20(19(11-17)15(5)6)26(23,24)25-12-16(7)21(8,9)22/h10-11,13-16,22H,12H2,1-9H3. The minimum atomic E-state index is -3.92. The summed E-state index contributed by atoms with van der Waals surface area (Å²) in [4.78, 5) is 0.301. The van der Waals surface area contributed by atoms with Crippen LogP contribution in [-0.2, 0) is 14.3 Å². The van der Waals surface area contributed by atoms with Gasteiger partial charge >= 0.3 is 0 Å². The van der Waals surface area contributed by atoms with Crippen LogP contribution >= 0.6 is 0 Å². The van der Waals surface area contributed by atoms with Gasteiger partial charge in [-0.05, 0) is 48.3 Å². The first kappa shape index (κ1) is 23.1. The second-order valence-electron chi connectivity index (χ2n) is 8.79. The summed E-state index contributed by atoms with van der Waals surface area (Å²) in [6, 6.07) is 3.99. The molecule has 1 unspecified atom stereocenters. The number of rotatable bonds is 8. The van der Waals surface area contributed by atoms with E-state index in [-0.39, 0.29) is 24.4 Å². The predicted octanol–water partition coefficient (Wildman–Crippen LogP) is 5.17. The van der Waals surface area contributed by atoms with E-state index < -0.39 is 15.7 Å². The summed E-state index contributed by atoms with van der Waals surface area (Å²) in [5.41, 5.74) is 1.74. The van der Waals surface area contributed by atoms with E-state index in [1.807, 2.05) is 39.8 Å². The third-order valence-corrected chi connectivity index (χ3v) is 6.43. The van der Waals surface area contributed by atoms with Gasteiger partial charge in [-0.15, -0.1) is 0 Å². The Morgan fingerprint density at radius 3 is 1.65 bits per heavy atom. The van der Waals surface area contributed by atoms with E-state index in [1.165, 1.54) is 0 Å². The van der Waals surface area contributed by atoms with Crippen molar-refractivity contribution in [2.24, 2.45) is 5.92 Å². The fourth-order valence-corrected chi connectivity index (χ4v) is 4.30. The Labute approximate surface area is 160 Å². The molecule has 0 radical (unpaired) electrons. The molecule has 26 heavy (non-hydrogen) atoms. The highest BCUT2D eigenvalue weighted by atomic mass is 32.2. The van der Waals surface area contributed by atoms with Crippen LogP contribution < -0.4 is 0 Å². The third kappa shape index (κ3) is 5.54. The summed E-state index contributed by atoms with van der Waals surface area (Å²) >= 11 is 0. The number of hydrogen-bond acceptors (Lipinski definition) is 4. The molecule has 150 valence electrons. The fraction of sp³-hybridized carbons (Fsp3) is 0.714. The highest BCUT2D eigenvalue weighted by Gasteiger charge is 2.30. The SMILES string of the molecule is CC(C)c1cc(C(C)C)c(S(=O)(=O)OCC(C)C(C)(C)O)c(C(C)C)c1. The van der Waals surface area contributed by atoms with Gasteiger partial charge in [-0.3, -0.25) is 4.18 Å². The van der Waals surface area contributed by atoms with Crippen LogP contribution in [0.15, 0.2) is 17.0 Å². The molecule has 0 heterocycles. The molecule has 0 amide bonds. The Balaban J connectivity index is 3.48. The van der Waals surface area contributed by atoms with E-state index in [2.05, 4.69) is 13.8 Å². The zero-order valence-corrected chi connectivity index (χ0v) is 18.6. The van der Waals surface area contributed by atoms with Gasteiger partial charge in [-0.25, -0.2) is 0 Å². The molecular weight excluding hydrogens is 348 g/mol. The zero-order chi connectivity index (χ0) is 20.4. The van der Waals surface area contributed by atoms with Gasteiger partial charge in [0, 0.05) is 5.92 Å². The van der Waals surface area contributed by atoms with Crippen molar-refractivity contribution >= 4 is 10.1 Å².